The highest BCUT2D eigenvalue weighted by Crippen LogP contribution is 2.44. The molecule has 3 rings (SSSR count). The van der Waals surface area contributed by atoms with Crippen LogP contribution in [0.1, 0.15) is 50.5 Å². The van der Waals surface area contributed by atoms with Crippen LogP contribution in [0.5, 0.6) is 0 Å². The Morgan fingerprint density at radius 2 is 1.89 bits per heavy atom. The minimum Gasteiger partial charge on any atom is -0.372 e. The van der Waals surface area contributed by atoms with Gasteiger partial charge in [0.1, 0.15) is 0 Å². The molecule has 2 N–H and O–H groups in total. The van der Waals surface area contributed by atoms with Gasteiger partial charge >= 0.3 is 0 Å². The third-order valence-electron chi connectivity index (χ3n) is 4.76. The summed E-state index contributed by atoms with van der Waals surface area (Å²) in [5.41, 5.74) is 7.88. The van der Waals surface area contributed by atoms with E-state index in [0.717, 1.165) is 12.8 Å². The monoisotopic (exact) mass is 259 g/mol. The fourth-order valence-electron chi connectivity index (χ4n) is 3.79. The minimum absolute atomic E-state index is 0.226. The average molecular weight is 259 g/mol. The van der Waals surface area contributed by atoms with Gasteiger partial charge in [0.15, 0.2) is 0 Å². The van der Waals surface area contributed by atoms with Crippen molar-refractivity contribution in [1.29, 1.82) is 0 Å². The Morgan fingerprint density at radius 3 is 2.63 bits per heavy atom. The zero-order chi connectivity index (χ0) is 13.1. The van der Waals surface area contributed by atoms with Crippen LogP contribution in [0.2, 0.25) is 0 Å². The van der Waals surface area contributed by atoms with Crippen LogP contribution in [-0.2, 0) is 11.2 Å². The van der Waals surface area contributed by atoms with E-state index in [1.54, 1.807) is 0 Å². The van der Waals surface area contributed by atoms with E-state index < -0.39 is 0 Å². The molecule has 1 aromatic carbocycles. The van der Waals surface area contributed by atoms with Crippen LogP contribution in [0.15, 0.2) is 30.3 Å². The molecule has 2 heteroatoms. The van der Waals surface area contributed by atoms with Gasteiger partial charge in [-0.3, -0.25) is 0 Å². The van der Waals surface area contributed by atoms with Crippen LogP contribution in [0, 0.1) is 0 Å². The summed E-state index contributed by atoms with van der Waals surface area (Å²) >= 11 is 0. The van der Waals surface area contributed by atoms with Gasteiger partial charge in [-0.15, -0.1) is 0 Å². The molecule has 1 saturated carbocycles. The molecule has 2 unspecified atom stereocenters. The number of hydrogen-bond donors (Lipinski definition) is 1. The number of hydrogen-bond acceptors (Lipinski definition) is 2. The minimum atomic E-state index is 0.226. The quantitative estimate of drug-likeness (QED) is 0.899. The third-order valence-corrected chi connectivity index (χ3v) is 4.76. The summed E-state index contributed by atoms with van der Waals surface area (Å²) in [4.78, 5) is 0. The van der Waals surface area contributed by atoms with Gasteiger partial charge in [-0.05, 0) is 44.1 Å². The van der Waals surface area contributed by atoms with E-state index in [1.165, 1.54) is 44.1 Å². The predicted molar refractivity (Wildman–Crippen MR) is 78.0 cm³/mol. The van der Waals surface area contributed by atoms with Crippen LogP contribution in [-0.4, -0.2) is 17.7 Å². The molecule has 1 saturated heterocycles. The van der Waals surface area contributed by atoms with E-state index in [-0.39, 0.29) is 11.6 Å². The molecule has 2 fully saturated rings. The van der Waals surface area contributed by atoms with Crippen molar-refractivity contribution in [2.75, 3.05) is 0 Å². The molecule has 19 heavy (non-hydrogen) atoms. The third kappa shape index (κ3) is 3.18. The van der Waals surface area contributed by atoms with Crippen molar-refractivity contribution >= 4 is 0 Å². The molecule has 2 aliphatic rings. The van der Waals surface area contributed by atoms with E-state index in [4.69, 9.17) is 10.5 Å². The molecular formula is C17H25NO. The molecular weight excluding hydrogens is 234 g/mol. The lowest BCUT2D eigenvalue weighted by Crippen LogP contribution is -2.31. The molecule has 2 atom stereocenters. The van der Waals surface area contributed by atoms with Crippen molar-refractivity contribution < 1.29 is 4.74 Å². The highest BCUT2D eigenvalue weighted by Gasteiger charge is 2.42. The Balaban J connectivity index is 1.49. The Bertz CT molecular complexity index is 397. The van der Waals surface area contributed by atoms with E-state index in [2.05, 4.69) is 30.3 Å². The smallest absolute Gasteiger partial charge is 0.0687 e. The molecule has 2 nitrogen and oxygen atoms in total. The van der Waals surface area contributed by atoms with Crippen LogP contribution in [0.3, 0.4) is 0 Å². The standard InChI is InChI=1S/C17H25NO/c18-15(12-14-6-2-1-3-7-14)13-16-8-11-17(19-16)9-4-5-10-17/h1-3,6-7,15-16H,4-5,8-13,18H2. The highest BCUT2D eigenvalue weighted by atomic mass is 16.5. The summed E-state index contributed by atoms with van der Waals surface area (Å²) in [5.74, 6) is 0. The fourth-order valence-corrected chi connectivity index (χ4v) is 3.79. The van der Waals surface area contributed by atoms with Crippen LogP contribution >= 0.6 is 0 Å². The van der Waals surface area contributed by atoms with Gasteiger partial charge in [0.05, 0.1) is 11.7 Å². The van der Waals surface area contributed by atoms with Gasteiger partial charge in [-0.1, -0.05) is 43.2 Å². The number of nitrogens with two attached hydrogens (primary N) is 1. The lowest BCUT2D eigenvalue weighted by molar-refractivity contribution is -0.0407. The van der Waals surface area contributed by atoms with E-state index in [1.807, 2.05) is 0 Å². The number of rotatable bonds is 4. The van der Waals surface area contributed by atoms with Gasteiger partial charge in [0.25, 0.3) is 0 Å². The first-order valence-electron chi connectivity index (χ1n) is 7.73. The Morgan fingerprint density at radius 1 is 1.16 bits per heavy atom. The average Bonchev–Trinajstić information content (AvgIpc) is 3.02. The SMILES string of the molecule is NC(Cc1ccccc1)CC1CCC2(CCCC2)O1. The summed E-state index contributed by atoms with van der Waals surface area (Å²) < 4.78 is 6.34. The molecule has 1 heterocycles. The molecule has 0 bridgehead atoms. The predicted octanol–water partition coefficient (Wildman–Crippen LogP) is 3.44. The maximum Gasteiger partial charge on any atom is 0.0687 e. The number of ether oxygens (including phenoxy) is 1. The first-order valence-corrected chi connectivity index (χ1v) is 7.73. The second kappa shape index (κ2) is 5.64. The lowest BCUT2D eigenvalue weighted by Gasteiger charge is -2.25. The van der Waals surface area contributed by atoms with E-state index in [9.17, 15) is 0 Å². The topological polar surface area (TPSA) is 35.2 Å². The number of benzene rings is 1. The molecule has 1 aliphatic heterocycles. The fraction of sp³-hybridized carbons (Fsp3) is 0.647. The van der Waals surface area contributed by atoms with Gasteiger partial charge in [0, 0.05) is 6.04 Å². The Labute approximate surface area is 116 Å². The second-order valence-electron chi connectivity index (χ2n) is 6.35. The second-order valence-corrected chi connectivity index (χ2v) is 6.35. The van der Waals surface area contributed by atoms with Crippen molar-refractivity contribution in [2.45, 2.75) is 69.1 Å². The Kier molecular flexibility index (Phi) is 3.90. The lowest BCUT2D eigenvalue weighted by atomic mass is 9.96. The van der Waals surface area contributed by atoms with Crippen molar-refractivity contribution in [3.05, 3.63) is 35.9 Å². The first-order chi connectivity index (χ1) is 9.26. The van der Waals surface area contributed by atoms with Gasteiger partial charge in [-0.25, -0.2) is 0 Å². The van der Waals surface area contributed by atoms with Crippen molar-refractivity contribution in [3.63, 3.8) is 0 Å². The molecule has 1 aliphatic carbocycles. The summed E-state index contributed by atoms with van der Waals surface area (Å²) in [5, 5.41) is 0. The molecule has 0 radical (unpaired) electrons. The maximum atomic E-state index is 6.34. The van der Waals surface area contributed by atoms with Gasteiger partial charge in [0.2, 0.25) is 0 Å². The van der Waals surface area contributed by atoms with Crippen LogP contribution in [0.25, 0.3) is 0 Å². The largest absolute Gasteiger partial charge is 0.372 e. The van der Waals surface area contributed by atoms with Crippen LogP contribution in [0.4, 0.5) is 0 Å². The molecule has 0 amide bonds. The first kappa shape index (κ1) is 13.1. The zero-order valence-electron chi connectivity index (χ0n) is 11.7. The van der Waals surface area contributed by atoms with Crippen molar-refractivity contribution in [1.82, 2.24) is 0 Å². The summed E-state index contributed by atoms with van der Waals surface area (Å²) in [6.45, 7) is 0. The molecule has 1 spiro atoms. The molecule has 0 aromatic heterocycles. The molecule has 104 valence electrons. The van der Waals surface area contributed by atoms with E-state index in [0.29, 0.717) is 6.10 Å². The Hall–Kier alpha value is -0.860. The molecule has 1 aromatic rings. The van der Waals surface area contributed by atoms with Gasteiger partial charge in [-0.2, -0.15) is 0 Å². The van der Waals surface area contributed by atoms with Crippen molar-refractivity contribution in [2.24, 2.45) is 5.73 Å². The van der Waals surface area contributed by atoms with E-state index >= 15 is 0 Å². The highest BCUT2D eigenvalue weighted by molar-refractivity contribution is 5.15. The van der Waals surface area contributed by atoms with Gasteiger partial charge < -0.3 is 10.5 Å². The normalized spacial score (nSPS) is 26.9. The summed E-state index contributed by atoms with van der Waals surface area (Å²) in [6, 6.07) is 10.8. The summed E-state index contributed by atoms with van der Waals surface area (Å²) in [6.07, 6.45) is 10.1. The summed E-state index contributed by atoms with van der Waals surface area (Å²) in [7, 11) is 0. The van der Waals surface area contributed by atoms with Crippen molar-refractivity contribution in [3.8, 4) is 0 Å². The maximum absolute atomic E-state index is 6.34. The van der Waals surface area contributed by atoms with Crippen LogP contribution < -0.4 is 5.73 Å². The zero-order valence-corrected chi connectivity index (χ0v) is 11.7.